The third kappa shape index (κ3) is 4.48. The summed E-state index contributed by atoms with van der Waals surface area (Å²) in [5.74, 6) is -1.36. The number of ether oxygens (including phenoxy) is 1. The zero-order valence-corrected chi connectivity index (χ0v) is 15.6. The van der Waals surface area contributed by atoms with E-state index in [1.165, 1.54) is 18.2 Å². The van der Waals surface area contributed by atoms with Gasteiger partial charge in [0.15, 0.2) is 0 Å². The highest BCUT2D eigenvalue weighted by atomic mass is 35.5. The second-order valence-electron chi connectivity index (χ2n) is 5.88. The Morgan fingerprint density at radius 1 is 1.00 bits per heavy atom. The molecule has 0 radical (unpaired) electrons. The van der Waals surface area contributed by atoms with Gasteiger partial charge in [-0.25, -0.2) is 4.79 Å². The molecule has 0 aromatic heterocycles. The molecule has 1 saturated heterocycles. The van der Waals surface area contributed by atoms with Crippen LogP contribution in [-0.4, -0.2) is 17.8 Å². The number of hydrogen-bond donors (Lipinski definition) is 2. The van der Waals surface area contributed by atoms with Gasteiger partial charge in [-0.3, -0.25) is 20.2 Å². The molecule has 27 heavy (non-hydrogen) atoms. The molecule has 0 unspecified atom stereocenters. The molecule has 2 N–H and O–H groups in total. The monoisotopic (exact) mass is 404 g/mol. The van der Waals surface area contributed by atoms with Crippen LogP contribution in [0.15, 0.2) is 42.0 Å². The van der Waals surface area contributed by atoms with Crippen molar-refractivity contribution in [3.63, 3.8) is 0 Å². The van der Waals surface area contributed by atoms with Gasteiger partial charge in [0.05, 0.1) is 5.02 Å². The molecule has 4 amide bonds. The number of carbonyl (C=O) groups is 3. The Labute approximate surface area is 165 Å². The summed E-state index contributed by atoms with van der Waals surface area (Å²) in [6, 6.07) is 9.90. The van der Waals surface area contributed by atoms with Gasteiger partial charge in [0.25, 0.3) is 11.8 Å². The van der Waals surface area contributed by atoms with Crippen molar-refractivity contribution in [2.24, 2.45) is 0 Å². The lowest BCUT2D eigenvalue weighted by molar-refractivity contribution is -0.123. The number of rotatable bonds is 4. The standard InChI is InChI=1S/C19H14Cl2N2O4/c1-10-2-4-11(5-3-10)9-27-16-12(6-13(20)8-15(16)21)7-14-17(24)22-19(26)23-18(14)25/h2-8H,9H2,1H3,(H2,22,23,24,25,26). The van der Waals surface area contributed by atoms with Gasteiger partial charge in [-0.15, -0.1) is 0 Å². The van der Waals surface area contributed by atoms with E-state index in [9.17, 15) is 14.4 Å². The molecule has 0 bridgehead atoms. The molecule has 138 valence electrons. The summed E-state index contributed by atoms with van der Waals surface area (Å²) in [7, 11) is 0. The lowest BCUT2D eigenvalue weighted by Crippen LogP contribution is -2.51. The molecule has 6 nitrogen and oxygen atoms in total. The molecule has 1 fully saturated rings. The van der Waals surface area contributed by atoms with Crippen LogP contribution in [0.5, 0.6) is 5.75 Å². The van der Waals surface area contributed by atoms with Crippen molar-refractivity contribution in [2.45, 2.75) is 13.5 Å². The number of halogens is 2. The zero-order valence-electron chi connectivity index (χ0n) is 14.1. The molecule has 0 atom stereocenters. The summed E-state index contributed by atoms with van der Waals surface area (Å²) in [6.45, 7) is 2.21. The minimum absolute atomic E-state index is 0.231. The number of hydrogen-bond acceptors (Lipinski definition) is 4. The fraction of sp³-hybridized carbons (Fsp3) is 0.105. The highest BCUT2D eigenvalue weighted by molar-refractivity contribution is 6.36. The minimum Gasteiger partial charge on any atom is -0.487 e. The normalized spacial score (nSPS) is 13.9. The number of benzene rings is 2. The van der Waals surface area contributed by atoms with E-state index < -0.39 is 17.8 Å². The van der Waals surface area contributed by atoms with E-state index >= 15 is 0 Å². The molecule has 1 heterocycles. The fourth-order valence-electron chi connectivity index (χ4n) is 2.44. The minimum atomic E-state index is -0.873. The van der Waals surface area contributed by atoms with Crippen molar-refractivity contribution in [3.05, 3.63) is 68.7 Å². The van der Waals surface area contributed by atoms with E-state index in [0.717, 1.165) is 11.1 Å². The molecule has 3 rings (SSSR count). The van der Waals surface area contributed by atoms with Crippen molar-refractivity contribution in [3.8, 4) is 5.75 Å². The van der Waals surface area contributed by atoms with Gasteiger partial charge < -0.3 is 4.74 Å². The topological polar surface area (TPSA) is 84.5 Å². The highest BCUT2D eigenvalue weighted by Crippen LogP contribution is 2.34. The molecular weight excluding hydrogens is 391 g/mol. The van der Waals surface area contributed by atoms with E-state index in [1.807, 2.05) is 41.8 Å². The van der Waals surface area contributed by atoms with Gasteiger partial charge in [-0.2, -0.15) is 0 Å². The Morgan fingerprint density at radius 3 is 2.26 bits per heavy atom. The number of nitrogens with one attached hydrogen (secondary N) is 2. The van der Waals surface area contributed by atoms with E-state index in [1.54, 1.807) is 0 Å². The molecule has 1 aliphatic rings. The number of amides is 4. The van der Waals surface area contributed by atoms with Gasteiger partial charge in [0.2, 0.25) is 0 Å². The molecule has 8 heteroatoms. The largest absolute Gasteiger partial charge is 0.487 e. The highest BCUT2D eigenvalue weighted by Gasteiger charge is 2.28. The van der Waals surface area contributed by atoms with E-state index in [0.29, 0.717) is 10.6 Å². The number of urea groups is 1. The van der Waals surface area contributed by atoms with Crippen LogP contribution in [-0.2, 0) is 16.2 Å². The SMILES string of the molecule is Cc1ccc(COc2c(Cl)cc(Cl)cc2C=C2C(=O)NC(=O)NC2=O)cc1. The first kappa shape index (κ1) is 18.9. The summed E-state index contributed by atoms with van der Waals surface area (Å²) in [5.41, 5.74) is 2.13. The molecule has 2 aromatic carbocycles. The summed E-state index contributed by atoms with van der Waals surface area (Å²) in [5, 5.41) is 4.55. The quantitative estimate of drug-likeness (QED) is 0.601. The first-order valence-corrected chi connectivity index (χ1v) is 8.65. The molecule has 1 aliphatic heterocycles. The second kappa shape index (κ2) is 7.82. The third-order valence-electron chi connectivity index (χ3n) is 3.78. The fourth-order valence-corrected chi connectivity index (χ4v) is 3.01. The van der Waals surface area contributed by atoms with Crippen molar-refractivity contribution < 1.29 is 19.1 Å². The van der Waals surface area contributed by atoms with Crippen LogP contribution >= 0.6 is 23.2 Å². The Morgan fingerprint density at radius 2 is 1.63 bits per heavy atom. The average Bonchev–Trinajstić information content (AvgIpc) is 2.58. The number of carbonyl (C=O) groups excluding carboxylic acids is 3. The van der Waals surface area contributed by atoms with Crippen LogP contribution in [0.3, 0.4) is 0 Å². The van der Waals surface area contributed by atoms with E-state index in [2.05, 4.69) is 0 Å². The summed E-state index contributed by atoms with van der Waals surface area (Å²) in [6.07, 6.45) is 1.28. The van der Waals surface area contributed by atoms with Gasteiger partial charge in [-0.1, -0.05) is 53.0 Å². The van der Waals surface area contributed by atoms with Gasteiger partial charge >= 0.3 is 6.03 Å². The molecular formula is C19H14Cl2N2O4. The van der Waals surface area contributed by atoms with Crippen molar-refractivity contribution in [2.75, 3.05) is 0 Å². The van der Waals surface area contributed by atoms with Crippen LogP contribution in [0.1, 0.15) is 16.7 Å². The maximum Gasteiger partial charge on any atom is 0.328 e. The van der Waals surface area contributed by atoms with Crippen molar-refractivity contribution >= 4 is 47.1 Å². The molecule has 0 aliphatic carbocycles. The van der Waals surface area contributed by atoms with Crippen molar-refractivity contribution in [1.82, 2.24) is 10.6 Å². The first-order chi connectivity index (χ1) is 12.8. The smallest absolute Gasteiger partial charge is 0.328 e. The van der Waals surface area contributed by atoms with Gasteiger partial charge in [0, 0.05) is 10.6 Å². The van der Waals surface area contributed by atoms with Crippen LogP contribution < -0.4 is 15.4 Å². The Bertz CT molecular complexity index is 946. The average molecular weight is 405 g/mol. The Kier molecular flexibility index (Phi) is 5.48. The number of barbiturate groups is 1. The van der Waals surface area contributed by atoms with Crippen LogP contribution in [0.25, 0.3) is 6.08 Å². The maximum absolute atomic E-state index is 11.9. The Balaban J connectivity index is 1.94. The predicted octanol–water partition coefficient (Wildman–Crippen LogP) is 3.63. The third-order valence-corrected chi connectivity index (χ3v) is 4.28. The molecule has 0 saturated carbocycles. The summed E-state index contributed by atoms with van der Waals surface area (Å²) >= 11 is 12.3. The van der Waals surface area contributed by atoms with E-state index in [-0.39, 0.29) is 23.0 Å². The second-order valence-corrected chi connectivity index (χ2v) is 6.72. The summed E-state index contributed by atoms with van der Waals surface area (Å²) < 4.78 is 5.82. The van der Waals surface area contributed by atoms with Crippen molar-refractivity contribution in [1.29, 1.82) is 0 Å². The first-order valence-electron chi connectivity index (χ1n) is 7.89. The van der Waals surface area contributed by atoms with Crippen LogP contribution in [0.4, 0.5) is 4.79 Å². The molecule has 2 aromatic rings. The molecule has 0 spiro atoms. The Hall–Kier alpha value is -2.83. The van der Waals surface area contributed by atoms with Crippen LogP contribution in [0.2, 0.25) is 10.0 Å². The van der Waals surface area contributed by atoms with Crippen LogP contribution in [0, 0.1) is 6.92 Å². The number of aryl methyl sites for hydroxylation is 1. The predicted molar refractivity (Wildman–Crippen MR) is 102 cm³/mol. The van der Waals surface area contributed by atoms with E-state index in [4.69, 9.17) is 27.9 Å². The van der Waals surface area contributed by atoms with Gasteiger partial charge in [-0.05, 0) is 30.7 Å². The summed E-state index contributed by atoms with van der Waals surface area (Å²) in [4.78, 5) is 35.1. The van der Waals surface area contributed by atoms with Gasteiger partial charge in [0.1, 0.15) is 17.9 Å². The maximum atomic E-state index is 11.9. The zero-order chi connectivity index (χ0) is 19.6. The lowest BCUT2D eigenvalue weighted by Gasteiger charge is -2.16. The number of imide groups is 2. The lowest BCUT2D eigenvalue weighted by atomic mass is 10.1.